The van der Waals surface area contributed by atoms with E-state index in [0.29, 0.717) is 31.3 Å². The Labute approximate surface area is 125 Å². The first-order valence-electron chi connectivity index (χ1n) is 7.49. The Kier molecular flexibility index (Phi) is 4.20. The molecule has 0 saturated carbocycles. The highest BCUT2D eigenvalue weighted by Crippen LogP contribution is 2.22. The molecule has 2 fully saturated rings. The van der Waals surface area contributed by atoms with Crippen molar-refractivity contribution >= 4 is 17.3 Å². The second-order valence-electron chi connectivity index (χ2n) is 5.50. The van der Waals surface area contributed by atoms with Crippen molar-refractivity contribution < 1.29 is 9.53 Å². The van der Waals surface area contributed by atoms with E-state index in [1.165, 1.54) is 0 Å². The third kappa shape index (κ3) is 2.93. The zero-order valence-corrected chi connectivity index (χ0v) is 12.4. The molecule has 0 aromatic heterocycles. The molecule has 0 bridgehead atoms. The number of amides is 1. The van der Waals surface area contributed by atoms with Gasteiger partial charge in [0, 0.05) is 32.3 Å². The van der Waals surface area contributed by atoms with Crippen LogP contribution in [0.5, 0.6) is 0 Å². The zero-order chi connectivity index (χ0) is 14.7. The molecule has 3 rings (SSSR count). The summed E-state index contributed by atoms with van der Waals surface area (Å²) in [5.74, 6) is 0.0317. The summed E-state index contributed by atoms with van der Waals surface area (Å²) in [6.07, 6.45) is 2.91. The number of carbonyl (C=O) groups excluding carboxylic acids is 1. The Morgan fingerprint density at radius 3 is 2.86 bits per heavy atom. The predicted molar refractivity (Wildman–Crippen MR) is 82.5 cm³/mol. The van der Waals surface area contributed by atoms with E-state index in [-0.39, 0.29) is 5.91 Å². The quantitative estimate of drug-likeness (QED) is 0.849. The smallest absolute Gasteiger partial charge is 0.274 e. The zero-order valence-electron chi connectivity index (χ0n) is 12.4. The number of rotatable bonds is 4. The van der Waals surface area contributed by atoms with Gasteiger partial charge in [0.15, 0.2) is 0 Å². The lowest BCUT2D eigenvalue weighted by Crippen LogP contribution is -2.32. The van der Waals surface area contributed by atoms with Crippen LogP contribution in [-0.4, -0.2) is 49.5 Å². The molecule has 1 aromatic carbocycles. The molecule has 1 aromatic rings. The van der Waals surface area contributed by atoms with Crippen LogP contribution in [0.3, 0.4) is 0 Å². The predicted octanol–water partition coefficient (Wildman–Crippen LogP) is 1.89. The van der Waals surface area contributed by atoms with Gasteiger partial charge < -0.3 is 9.64 Å². The standard InChI is InChI=1S/C16H21N3O2/c1-21-12-14-8-5-10-19(14)17-15-9-11-18(16(15)20)13-6-3-2-4-7-13/h2-4,6-7,14H,5,8-12H2,1H3/b17-15+. The van der Waals surface area contributed by atoms with Gasteiger partial charge in [0.1, 0.15) is 5.71 Å². The molecule has 21 heavy (non-hydrogen) atoms. The van der Waals surface area contributed by atoms with Crippen LogP contribution in [0.25, 0.3) is 0 Å². The molecule has 5 heteroatoms. The molecule has 1 unspecified atom stereocenters. The van der Waals surface area contributed by atoms with Gasteiger partial charge in [0.25, 0.3) is 5.91 Å². The maximum atomic E-state index is 12.5. The van der Waals surface area contributed by atoms with Crippen LogP contribution in [0, 0.1) is 0 Å². The third-order valence-corrected chi connectivity index (χ3v) is 4.09. The molecule has 0 spiro atoms. The Morgan fingerprint density at radius 1 is 1.29 bits per heavy atom. The molecule has 0 aliphatic carbocycles. The average molecular weight is 287 g/mol. The van der Waals surface area contributed by atoms with E-state index in [1.54, 1.807) is 12.0 Å². The van der Waals surface area contributed by atoms with Gasteiger partial charge >= 0.3 is 0 Å². The minimum Gasteiger partial charge on any atom is -0.382 e. The van der Waals surface area contributed by atoms with E-state index >= 15 is 0 Å². The van der Waals surface area contributed by atoms with E-state index in [4.69, 9.17) is 4.74 Å². The third-order valence-electron chi connectivity index (χ3n) is 4.09. The Bertz CT molecular complexity index is 530. The van der Waals surface area contributed by atoms with Gasteiger partial charge in [-0.25, -0.2) is 0 Å². The molecule has 1 atom stereocenters. The topological polar surface area (TPSA) is 45.1 Å². The summed E-state index contributed by atoms with van der Waals surface area (Å²) in [6.45, 7) is 2.30. The van der Waals surface area contributed by atoms with Crippen molar-refractivity contribution in [3.8, 4) is 0 Å². The van der Waals surface area contributed by atoms with Gasteiger partial charge in [-0.1, -0.05) is 18.2 Å². The molecule has 112 valence electrons. The van der Waals surface area contributed by atoms with Crippen molar-refractivity contribution in [2.75, 3.05) is 31.7 Å². The monoisotopic (exact) mass is 287 g/mol. The normalized spacial score (nSPS) is 24.3. The number of ether oxygens (including phenoxy) is 1. The molecular weight excluding hydrogens is 266 g/mol. The van der Waals surface area contributed by atoms with Gasteiger partial charge in [0.05, 0.1) is 12.6 Å². The highest BCUT2D eigenvalue weighted by atomic mass is 16.5. The number of hydrogen-bond acceptors (Lipinski definition) is 4. The highest BCUT2D eigenvalue weighted by molar-refractivity contribution is 6.45. The summed E-state index contributed by atoms with van der Waals surface area (Å²) >= 11 is 0. The largest absolute Gasteiger partial charge is 0.382 e. The summed E-state index contributed by atoms with van der Waals surface area (Å²) in [7, 11) is 1.71. The molecule has 5 nitrogen and oxygen atoms in total. The van der Waals surface area contributed by atoms with E-state index in [1.807, 2.05) is 35.3 Å². The van der Waals surface area contributed by atoms with Gasteiger partial charge in [0.2, 0.25) is 0 Å². The number of hydrazone groups is 1. The van der Waals surface area contributed by atoms with E-state index < -0.39 is 0 Å². The van der Waals surface area contributed by atoms with Crippen molar-refractivity contribution in [1.82, 2.24) is 5.01 Å². The molecular formula is C16H21N3O2. The maximum Gasteiger partial charge on any atom is 0.274 e. The molecule has 2 aliphatic rings. The van der Waals surface area contributed by atoms with Crippen molar-refractivity contribution in [2.45, 2.75) is 25.3 Å². The number of benzene rings is 1. The molecule has 2 heterocycles. The van der Waals surface area contributed by atoms with Crippen LogP contribution >= 0.6 is 0 Å². The number of para-hydroxylation sites is 1. The first-order chi connectivity index (χ1) is 10.3. The Morgan fingerprint density at radius 2 is 2.10 bits per heavy atom. The van der Waals surface area contributed by atoms with Crippen molar-refractivity contribution in [3.05, 3.63) is 30.3 Å². The minimum absolute atomic E-state index is 0.0317. The van der Waals surface area contributed by atoms with Gasteiger partial charge in [-0.15, -0.1) is 0 Å². The Hall–Kier alpha value is -1.88. The molecule has 1 amide bonds. The maximum absolute atomic E-state index is 12.5. The lowest BCUT2D eigenvalue weighted by molar-refractivity contribution is -0.112. The van der Waals surface area contributed by atoms with Crippen LogP contribution in [0.15, 0.2) is 35.4 Å². The van der Waals surface area contributed by atoms with E-state index in [0.717, 1.165) is 25.1 Å². The minimum atomic E-state index is 0.0317. The summed E-state index contributed by atoms with van der Waals surface area (Å²) in [5.41, 5.74) is 1.62. The number of hydrogen-bond donors (Lipinski definition) is 0. The number of carbonyl (C=O) groups is 1. The van der Waals surface area contributed by atoms with Crippen LogP contribution < -0.4 is 4.90 Å². The van der Waals surface area contributed by atoms with Crippen LogP contribution in [-0.2, 0) is 9.53 Å². The second-order valence-corrected chi connectivity index (χ2v) is 5.50. The lowest BCUT2D eigenvalue weighted by atomic mass is 10.2. The fourth-order valence-electron chi connectivity index (χ4n) is 3.00. The van der Waals surface area contributed by atoms with Crippen molar-refractivity contribution in [1.29, 1.82) is 0 Å². The van der Waals surface area contributed by atoms with E-state index in [9.17, 15) is 4.79 Å². The number of anilines is 1. The lowest BCUT2D eigenvalue weighted by Gasteiger charge is -2.21. The van der Waals surface area contributed by atoms with Gasteiger partial charge in [-0.2, -0.15) is 5.10 Å². The van der Waals surface area contributed by atoms with Crippen molar-refractivity contribution in [3.63, 3.8) is 0 Å². The van der Waals surface area contributed by atoms with E-state index in [2.05, 4.69) is 5.10 Å². The van der Waals surface area contributed by atoms with Gasteiger partial charge in [-0.05, 0) is 25.0 Å². The molecule has 0 N–H and O–H groups in total. The first kappa shape index (κ1) is 14.1. The van der Waals surface area contributed by atoms with Crippen LogP contribution in [0.1, 0.15) is 19.3 Å². The molecule has 2 aliphatic heterocycles. The summed E-state index contributed by atoms with van der Waals surface area (Å²) in [6, 6.07) is 10.1. The Balaban J connectivity index is 1.73. The summed E-state index contributed by atoms with van der Waals surface area (Å²) < 4.78 is 5.23. The van der Waals surface area contributed by atoms with Crippen molar-refractivity contribution in [2.24, 2.45) is 5.10 Å². The fourth-order valence-corrected chi connectivity index (χ4v) is 3.00. The summed E-state index contributed by atoms with van der Waals surface area (Å²) in [4.78, 5) is 14.3. The first-order valence-corrected chi connectivity index (χ1v) is 7.49. The molecule has 0 radical (unpaired) electrons. The van der Waals surface area contributed by atoms with Gasteiger partial charge in [-0.3, -0.25) is 9.80 Å². The number of methoxy groups -OCH3 is 1. The second kappa shape index (κ2) is 6.26. The number of nitrogens with zero attached hydrogens (tertiary/aromatic N) is 3. The highest BCUT2D eigenvalue weighted by Gasteiger charge is 2.31. The van der Waals surface area contributed by atoms with Crippen LogP contribution in [0.4, 0.5) is 5.69 Å². The molecule has 2 saturated heterocycles. The SMILES string of the molecule is COCC1CCCN1/N=C1\CCN(c2ccccc2)C1=O. The van der Waals surface area contributed by atoms with Crippen LogP contribution in [0.2, 0.25) is 0 Å². The summed E-state index contributed by atoms with van der Waals surface area (Å²) in [5, 5.41) is 6.64. The average Bonchev–Trinajstić information content (AvgIpc) is 3.09. The fraction of sp³-hybridized carbons (Fsp3) is 0.500.